The van der Waals surface area contributed by atoms with Gasteiger partial charge < -0.3 is 20.8 Å². The summed E-state index contributed by atoms with van der Waals surface area (Å²) in [4.78, 5) is 23.8. The molecule has 152 valence electrons. The summed E-state index contributed by atoms with van der Waals surface area (Å²) in [5, 5.41) is 3.63. The molecule has 7 nitrogen and oxygen atoms in total. The molecule has 30 heavy (non-hydrogen) atoms. The first-order chi connectivity index (χ1) is 14.6. The highest BCUT2D eigenvalue weighted by Crippen LogP contribution is 2.17. The number of nitrogens with zero attached hydrogens (tertiary/aromatic N) is 2. The normalized spacial score (nSPS) is 10.9. The number of carbonyl (C=O) groups excluding carboxylic acids is 1. The van der Waals surface area contributed by atoms with Crippen molar-refractivity contribution in [1.82, 2.24) is 20.3 Å². The summed E-state index contributed by atoms with van der Waals surface area (Å²) in [6, 6.07) is 15.2. The van der Waals surface area contributed by atoms with Crippen LogP contribution >= 0.6 is 0 Å². The van der Waals surface area contributed by atoms with Gasteiger partial charge in [0.2, 0.25) is 5.88 Å². The Labute approximate surface area is 172 Å². The van der Waals surface area contributed by atoms with Gasteiger partial charge in [0, 0.05) is 34.8 Å². The average Bonchev–Trinajstić information content (AvgIpc) is 3.18. The average molecular weight is 405 g/mol. The van der Waals surface area contributed by atoms with E-state index in [4.69, 9.17) is 10.5 Å². The molecule has 0 radical (unpaired) electrons. The van der Waals surface area contributed by atoms with Crippen LogP contribution in [0.4, 0.5) is 4.39 Å². The van der Waals surface area contributed by atoms with E-state index >= 15 is 0 Å². The van der Waals surface area contributed by atoms with Gasteiger partial charge in [0.05, 0.1) is 12.2 Å². The summed E-state index contributed by atoms with van der Waals surface area (Å²) in [6.45, 7) is 0.869. The van der Waals surface area contributed by atoms with Gasteiger partial charge in [-0.05, 0) is 42.0 Å². The zero-order chi connectivity index (χ0) is 20.9. The number of hydrogen-bond donors (Lipinski definition) is 3. The minimum absolute atomic E-state index is 0.214. The summed E-state index contributed by atoms with van der Waals surface area (Å²) >= 11 is 0. The van der Waals surface area contributed by atoms with Crippen molar-refractivity contribution < 1.29 is 13.9 Å². The molecule has 0 saturated heterocycles. The van der Waals surface area contributed by atoms with E-state index in [0.717, 1.165) is 22.2 Å². The standard InChI is InChI=1S/C22H20FN5O2/c23-17-4-5-20-16(7-17)8-19(28-20)11-25-22(29)15-3-1-2-14(6-15)12-30-21-9-18(10-24)26-13-27-21/h1-9,13,28H,10-12,24H2,(H,25,29). The molecule has 0 unspecified atom stereocenters. The molecule has 0 aliphatic rings. The number of nitrogens with two attached hydrogens (primary N) is 1. The van der Waals surface area contributed by atoms with Crippen LogP contribution in [0.1, 0.15) is 27.3 Å². The molecule has 8 heteroatoms. The molecule has 0 spiro atoms. The molecule has 0 fully saturated rings. The first-order valence-corrected chi connectivity index (χ1v) is 9.39. The number of rotatable bonds is 7. The van der Waals surface area contributed by atoms with Gasteiger partial charge in [0.15, 0.2) is 0 Å². The maximum Gasteiger partial charge on any atom is 0.251 e. The van der Waals surface area contributed by atoms with E-state index in [9.17, 15) is 9.18 Å². The number of benzene rings is 2. The van der Waals surface area contributed by atoms with Crippen LogP contribution in [0.5, 0.6) is 5.88 Å². The Bertz CT molecular complexity index is 1190. The topological polar surface area (TPSA) is 106 Å². The van der Waals surface area contributed by atoms with Crippen LogP contribution in [-0.2, 0) is 19.7 Å². The van der Waals surface area contributed by atoms with Gasteiger partial charge in [-0.15, -0.1) is 0 Å². The largest absolute Gasteiger partial charge is 0.473 e. The number of fused-ring (bicyclic) bond motifs is 1. The second kappa shape index (κ2) is 8.71. The SMILES string of the molecule is NCc1cc(OCc2cccc(C(=O)NCc3cc4cc(F)ccc4[nH]3)c2)ncn1. The lowest BCUT2D eigenvalue weighted by Gasteiger charge is -2.08. The van der Waals surface area contributed by atoms with Gasteiger partial charge in [-0.25, -0.2) is 14.4 Å². The van der Waals surface area contributed by atoms with E-state index in [1.165, 1.54) is 18.5 Å². The third-order valence-corrected chi connectivity index (χ3v) is 4.56. The van der Waals surface area contributed by atoms with Crippen molar-refractivity contribution in [2.24, 2.45) is 5.73 Å². The minimum Gasteiger partial charge on any atom is -0.473 e. The molecule has 4 rings (SSSR count). The zero-order valence-electron chi connectivity index (χ0n) is 16.1. The summed E-state index contributed by atoms with van der Waals surface area (Å²) in [5.74, 6) is -0.0815. The van der Waals surface area contributed by atoms with Crippen LogP contribution in [0.25, 0.3) is 10.9 Å². The Kier molecular flexibility index (Phi) is 5.67. The summed E-state index contributed by atoms with van der Waals surface area (Å²) in [7, 11) is 0. The van der Waals surface area contributed by atoms with Gasteiger partial charge in [-0.3, -0.25) is 4.79 Å². The Hall–Kier alpha value is -3.78. The number of aromatic amines is 1. The van der Waals surface area contributed by atoms with E-state index in [-0.39, 0.29) is 18.3 Å². The fraction of sp³-hybridized carbons (Fsp3) is 0.136. The highest BCUT2D eigenvalue weighted by molar-refractivity contribution is 5.94. The first-order valence-electron chi connectivity index (χ1n) is 9.39. The predicted molar refractivity (Wildman–Crippen MR) is 110 cm³/mol. The lowest BCUT2D eigenvalue weighted by atomic mass is 10.1. The quantitative estimate of drug-likeness (QED) is 0.438. The molecule has 1 amide bonds. The highest BCUT2D eigenvalue weighted by Gasteiger charge is 2.09. The van der Waals surface area contributed by atoms with Crippen molar-refractivity contribution in [1.29, 1.82) is 0 Å². The van der Waals surface area contributed by atoms with E-state index in [2.05, 4.69) is 20.3 Å². The molecule has 0 bridgehead atoms. The van der Waals surface area contributed by atoms with Crippen LogP contribution in [-0.4, -0.2) is 20.9 Å². The minimum atomic E-state index is -0.294. The smallest absolute Gasteiger partial charge is 0.251 e. The van der Waals surface area contributed by atoms with Crippen LogP contribution in [0.3, 0.4) is 0 Å². The van der Waals surface area contributed by atoms with E-state index in [1.54, 1.807) is 30.3 Å². The molecular weight excluding hydrogens is 385 g/mol. The lowest BCUT2D eigenvalue weighted by Crippen LogP contribution is -2.23. The van der Waals surface area contributed by atoms with Gasteiger partial charge in [0.25, 0.3) is 5.91 Å². The highest BCUT2D eigenvalue weighted by atomic mass is 19.1. The van der Waals surface area contributed by atoms with Crippen molar-refractivity contribution in [2.45, 2.75) is 19.7 Å². The second-order valence-electron chi connectivity index (χ2n) is 6.75. The Balaban J connectivity index is 1.37. The third-order valence-electron chi connectivity index (χ3n) is 4.56. The molecule has 2 heterocycles. The van der Waals surface area contributed by atoms with Gasteiger partial charge in [0.1, 0.15) is 18.8 Å². The van der Waals surface area contributed by atoms with Crippen LogP contribution in [0.15, 0.2) is 60.9 Å². The number of H-pyrrole nitrogens is 1. The number of halogens is 1. The maximum absolute atomic E-state index is 13.3. The fourth-order valence-electron chi connectivity index (χ4n) is 3.06. The van der Waals surface area contributed by atoms with Crippen molar-refractivity contribution in [2.75, 3.05) is 0 Å². The monoisotopic (exact) mass is 405 g/mol. The van der Waals surface area contributed by atoms with Crippen LogP contribution < -0.4 is 15.8 Å². The predicted octanol–water partition coefficient (Wildman–Crippen LogP) is 3.06. The number of hydrogen-bond acceptors (Lipinski definition) is 5. The molecule has 2 aromatic carbocycles. The van der Waals surface area contributed by atoms with Crippen molar-refractivity contribution in [3.63, 3.8) is 0 Å². The molecule has 0 aliphatic carbocycles. The fourth-order valence-corrected chi connectivity index (χ4v) is 3.06. The van der Waals surface area contributed by atoms with Gasteiger partial charge in [-0.2, -0.15) is 0 Å². The Morgan fingerprint density at radius 2 is 2.03 bits per heavy atom. The van der Waals surface area contributed by atoms with Crippen molar-refractivity contribution in [3.8, 4) is 5.88 Å². The van der Waals surface area contributed by atoms with Gasteiger partial charge in [-0.1, -0.05) is 12.1 Å². The lowest BCUT2D eigenvalue weighted by molar-refractivity contribution is 0.0950. The third kappa shape index (κ3) is 4.61. The summed E-state index contributed by atoms with van der Waals surface area (Å²) in [6.07, 6.45) is 1.40. The van der Waals surface area contributed by atoms with Gasteiger partial charge >= 0.3 is 0 Å². The molecule has 4 N–H and O–H groups in total. The second-order valence-corrected chi connectivity index (χ2v) is 6.75. The number of aromatic nitrogens is 3. The maximum atomic E-state index is 13.3. The van der Waals surface area contributed by atoms with E-state index in [0.29, 0.717) is 30.2 Å². The Morgan fingerprint density at radius 3 is 2.90 bits per heavy atom. The Morgan fingerprint density at radius 1 is 1.13 bits per heavy atom. The molecule has 2 aromatic heterocycles. The first kappa shape index (κ1) is 19.5. The molecule has 0 aliphatic heterocycles. The molecule has 0 saturated carbocycles. The van der Waals surface area contributed by atoms with Crippen LogP contribution in [0.2, 0.25) is 0 Å². The number of carbonyl (C=O) groups is 1. The number of ether oxygens (including phenoxy) is 1. The summed E-state index contributed by atoms with van der Waals surface area (Å²) in [5.41, 5.74) is 9.22. The molecule has 4 aromatic rings. The number of amides is 1. The summed E-state index contributed by atoms with van der Waals surface area (Å²) < 4.78 is 19.0. The van der Waals surface area contributed by atoms with Crippen molar-refractivity contribution >= 4 is 16.8 Å². The zero-order valence-corrected chi connectivity index (χ0v) is 16.1. The van der Waals surface area contributed by atoms with Crippen molar-refractivity contribution in [3.05, 3.63) is 89.3 Å². The molecular formula is C22H20FN5O2. The van der Waals surface area contributed by atoms with E-state index < -0.39 is 0 Å². The van der Waals surface area contributed by atoms with E-state index in [1.807, 2.05) is 12.1 Å². The van der Waals surface area contributed by atoms with Crippen LogP contribution in [0, 0.1) is 5.82 Å². The molecule has 0 atom stereocenters. The number of nitrogens with one attached hydrogen (secondary N) is 2.